The van der Waals surface area contributed by atoms with E-state index in [0.717, 1.165) is 18.6 Å². The second-order valence-electron chi connectivity index (χ2n) is 6.24. The van der Waals surface area contributed by atoms with Gasteiger partial charge in [-0.2, -0.15) is 0 Å². The monoisotopic (exact) mass is 281 g/mol. The Morgan fingerprint density at radius 3 is 2.35 bits per heavy atom. The zero-order chi connectivity index (χ0) is 15.4. The van der Waals surface area contributed by atoms with Crippen LogP contribution in [0.15, 0.2) is 10.6 Å². The first kappa shape index (κ1) is 16.7. The summed E-state index contributed by atoms with van der Waals surface area (Å²) in [7, 11) is 0. The third-order valence-electron chi connectivity index (χ3n) is 3.92. The third kappa shape index (κ3) is 3.60. The van der Waals surface area contributed by atoms with Crippen molar-refractivity contribution in [2.75, 3.05) is 6.54 Å². The summed E-state index contributed by atoms with van der Waals surface area (Å²) in [6, 6.07) is 0. The van der Waals surface area contributed by atoms with E-state index in [4.69, 9.17) is 10.2 Å². The first-order chi connectivity index (χ1) is 9.29. The first-order valence-corrected chi connectivity index (χ1v) is 7.22. The minimum absolute atomic E-state index is 0.0273. The van der Waals surface area contributed by atoms with Gasteiger partial charge in [-0.05, 0) is 12.8 Å². The van der Waals surface area contributed by atoms with Crippen molar-refractivity contribution in [3.8, 4) is 0 Å². The van der Waals surface area contributed by atoms with Crippen LogP contribution in [-0.2, 0) is 16.8 Å². The smallest absolute Gasteiger partial charge is 0.227 e. The van der Waals surface area contributed by atoms with Crippen LogP contribution in [-0.4, -0.2) is 17.4 Å². The van der Waals surface area contributed by atoms with E-state index in [1.807, 2.05) is 13.8 Å². The molecule has 1 rings (SSSR count). The van der Waals surface area contributed by atoms with Crippen LogP contribution in [0.25, 0.3) is 0 Å². The Labute approximate surface area is 121 Å². The highest BCUT2D eigenvalue weighted by molar-refractivity contribution is 5.82. The molecule has 0 radical (unpaired) electrons. The Morgan fingerprint density at radius 2 is 1.95 bits per heavy atom. The molecule has 0 fully saturated rings. The quantitative estimate of drug-likeness (QED) is 0.838. The van der Waals surface area contributed by atoms with E-state index in [0.29, 0.717) is 19.0 Å². The highest BCUT2D eigenvalue weighted by atomic mass is 16.4. The van der Waals surface area contributed by atoms with E-state index in [9.17, 15) is 4.79 Å². The third-order valence-corrected chi connectivity index (χ3v) is 3.92. The molecule has 114 valence electrons. The lowest BCUT2D eigenvalue weighted by Gasteiger charge is -2.28. The summed E-state index contributed by atoms with van der Waals surface area (Å²) in [5, 5.41) is 2.88. The van der Waals surface area contributed by atoms with Gasteiger partial charge in [0.1, 0.15) is 5.76 Å². The summed E-state index contributed by atoms with van der Waals surface area (Å²) < 4.78 is 5.65. The number of hydrogen-bond donors (Lipinski definition) is 2. The molecule has 0 aliphatic carbocycles. The fraction of sp³-hybridized carbons (Fsp3) is 0.733. The Kier molecular flexibility index (Phi) is 5.34. The molecule has 0 atom stereocenters. The van der Waals surface area contributed by atoms with Crippen molar-refractivity contribution < 1.29 is 9.21 Å². The molecule has 1 heterocycles. The summed E-state index contributed by atoms with van der Waals surface area (Å²) in [5.41, 5.74) is 5.19. The van der Waals surface area contributed by atoms with Crippen LogP contribution in [0.2, 0.25) is 0 Å². The van der Waals surface area contributed by atoms with Crippen LogP contribution in [0.3, 0.4) is 0 Å². The SMILES string of the molecule is CCC(CC)(CN)C(=O)NCc1ncc(C(C)(C)C)o1. The average molecular weight is 281 g/mol. The summed E-state index contributed by atoms with van der Waals surface area (Å²) in [6.07, 6.45) is 3.17. The van der Waals surface area contributed by atoms with Crippen molar-refractivity contribution in [1.29, 1.82) is 0 Å². The Balaban J connectivity index is 2.68. The molecule has 0 aromatic carbocycles. The molecule has 1 amide bonds. The van der Waals surface area contributed by atoms with Gasteiger partial charge in [0.15, 0.2) is 0 Å². The van der Waals surface area contributed by atoms with Crippen molar-refractivity contribution in [1.82, 2.24) is 10.3 Å². The normalized spacial score (nSPS) is 12.5. The number of hydrogen-bond acceptors (Lipinski definition) is 4. The van der Waals surface area contributed by atoms with E-state index in [1.165, 1.54) is 0 Å². The summed E-state index contributed by atoms with van der Waals surface area (Å²) in [4.78, 5) is 16.5. The molecule has 5 nitrogen and oxygen atoms in total. The van der Waals surface area contributed by atoms with Crippen LogP contribution in [0, 0.1) is 5.41 Å². The number of nitrogens with two attached hydrogens (primary N) is 1. The number of nitrogens with one attached hydrogen (secondary N) is 1. The molecule has 20 heavy (non-hydrogen) atoms. The van der Waals surface area contributed by atoms with E-state index in [2.05, 4.69) is 31.1 Å². The number of nitrogens with zero attached hydrogens (tertiary/aromatic N) is 1. The van der Waals surface area contributed by atoms with Crippen LogP contribution >= 0.6 is 0 Å². The number of carbonyl (C=O) groups is 1. The Morgan fingerprint density at radius 1 is 1.35 bits per heavy atom. The largest absolute Gasteiger partial charge is 0.443 e. The van der Waals surface area contributed by atoms with Crippen LogP contribution in [0.1, 0.15) is 59.1 Å². The lowest BCUT2D eigenvalue weighted by atomic mass is 9.81. The topological polar surface area (TPSA) is 81.2 Å². The van der Waals surface area contributed by atoms with Gasteiger partial charge in [0, 0.05) is 12.0 Å². The van der Waals surface area contributed by atoms with E-state index in [-0.39, 0.29) is 11.3 Å². The second kappa shape index (κ2) is 6.39. The lowest BCUT2D eigenvalue weighted by molar-refractivity contribution is -0.131. The Hall–Kier alpha value is -1.36. The maximum absolute atomic E-state index is 12.3. The predicted molar refractivity (Wildman–Crippen MR) is 79.1 cm³/mol. The fourth-order valence-corrected chi connectivity index (χ4v) is 2.03. The standard InChI is InChI=1S/C15H27N3O2/c1-6-15(7-2,10-16)13(19)18-9-12-17-8-11(20-12)14(3,4)5/h8H,6-7,9-10,16H2,1-5H3,(H,18,19). The minimum Gasteiger partial charge on any atom is -0.443 e. The van der Waals surface area contributed by atoms with Gasteiger partial charge in [-0.25, -0.2) is 4.98 Å². The maximum atomic E-state index is 12.3. The molecule has 0 aliphatic heterocycles. The molecule has 0 aliphatic rings. The predicted octanol–water partition coefficient (Wildman–Crippen LogP) is 2.35. The zero-order valence-electron chi connectivity index (χ0n) is 13.2. The summed E-state index contributed by atoms with van der Waals surface area (Å²) >= 11 is 0. The van der Waals surface area contributed by atoms with Crippen molar-refractivity contribution >= 4 is 5.91 Å². The van der Waals surface area contributed by atoms with Gasteiger partial charge in [0.2, 0.25) is 11.8 Å². The van der Waals surface area contributed by atoms with Crippen molar-refractivity contribution in [3.05, 3.63) is 17.8 Å². The van der Waals surface area contributed by atoms with Gasteiger partial charge >= 0.3 is 0 Å². The first-order valence-electron chi connectivity index (χ1n) is 7.22. The molecule has 0 spiro atoms. The summed E-state index contributed by atoms with van der Waals surface area (Å²) in [5.74, 6) is 1.32. The number of aromatic nitrogens is 1. The van der Waals surface area contributed by atoms with Gasteiger partial charge in [-0.1, -0.05) is 34.6 Å². The summed E-state index contributed by atoms with van der Waals surface area (Å²) in [6.45, 7) is 10.8. The van der Waals surface area contributed by atoms with Gasteiger partial charge in [-0.15, -0.1) is 0 Å². The molecule has 1 aromatic rings. The zero-order valence-corrected chi connectivity index (χ0v) is 13.2. The molecule has 3 N–H and O–H groups in total. The van der Waals surface area contributed by atoms with Gasteiger partial charge in [0.25, 0.3) is 0 Å². The van der Waals surface area contributed by atoms with Crippen molar-refractivity contribution in [2.24, 2.45) is 11.1 Å². The van der Waals surface area contributed by atoms with Gasteiger partial charge < -0.3 is 15.5 Å². The molecule has 0 bridgehead atoms. The molecule has 5 heteroatoms. The van der Waals surface area contributed by atoms with Gasteiger partial charge in [-0.3, -0.25) is 4.79 Å². The minimum atomic E-state index is -0.487. The van der Waals surface area contributed by atoms with Crippen LogP contribution < -0.4 is 11.1 Å². The van der Waals surface area contributed by atoms with E-state index >= 15 is 0 Å². The molecule has 0 unspecified atom stereocenters. The molecule has 0 saturated carbocycles. The van der Waals surface area contributed by atoms with Crippen LogP contribution in [0.4, 0.5) is 0 Å². The number of rotatable bonds is 6. The second-order valence-corrected chi connectivity index (χ2v) is 6.24. The van der Waals surface area contributed by atoms with Gasteiger partial charge in [0.05, 0.1) is 18.2 Å². The molecular formula is C15H27N3O2. The molecule has 1 aromatic heterocycles. The molecule has 0 saturated heterocycles. The average Bonchev–Trinajstić information content (AvgIpc) is 2.88. The lowest BCUT2D eigenvalue weighted by Crippen LogP contribution is -2.45. The van der Waals surface area contributed by atoms with E-state index < -0.39 is 5.41 Å². The molecular weight excluding hydrogens is 254 g/mol. The Bertz CT molecular complexity index is 434. The maximum Gasteiger partial charge on any atom is 0.227 e. The van der Waals surface area contributed by atoms with E-state index in [1.54, 1.807) is 6.20 Å². The highest BCUT2D eigenvalue weighted by Crippen LogP contribution is 2.25. The fourth-order valence-electron chi connectivity index (χ4n) is 2.03. The number of amides is 1. The van der Waals surface area contributed by atoms with Crippen molar-refractivity contribution in [2.45, 2.75) is 59.4 Å². The highest BCUT2D eigenvalue weighted by Gasteiger charge is 2.33. The number of carbonyl (C=O) groups excluding carboxylic acids is 1. The van der Waals surface area contributed by atoms with Crippen LogP contribution in [0.5, 0.6) is 0 Å². The van der Waals surface area contributed by atoms with Crippen molar-refractivity contribution in [3.63, 3.8) is 0 Å². The number of oxazole rings is 1.